The minimum Gasteiger partial charge on any atom is -0.491 e. The third-order valence-corrected chi connectivity index (χ3v) is 4.03. The predicted octanol–water partition coefficient (Wildman–Crippen LogP) is 1.58. The Morgan fingerprint density at radius 2 is 1.93 bits per heavy atom. The number of para-hydroxylation sites is 1. The number of aliphatic hydroxyl groups is 2. The SMILES string of the molecule is COC(=O)N(O)c1cccc(C[C@@H](CO)NC[C@H](O)COc2ccccc2)c1. The summed E-state index contributed by atoms with van der Waals surface area (Å²) < 4.78 is 9.97. The third-order valence-electron chi connectivity index (χ3n) is 4.03. The van der Waals surface area contributed by atoms with Crippen molar-refractivity contribution in [1.82, 2.24) is 5.32 Å². The lowest BCUT2D eigenvalue weighted by Gasteiger charge is -2.20. The van der Waals surface area contributed by atoms with Crippen molar-refractivity contribution >= 4 is 11.8 Å². The van der Waals surface area contributed by atoms with Crippen LogP contribution in [-0.4, -0.2) is 60.5 Å². The normalized spacial score (nSPS) is 12.9. The van der Waals surface area contributed by atoms with Crippen LogP contribution in [0.3, 0.4) is 0 Å². The average molecular weight is 390 g/mol. The number of methoxy groups -OCH3 is 1. The summed E-state index contributed by atoms with van der Waals surface area (Å²) in [6.45, 7) is 0.228. The first-order valence-corrected chi connectivity index (χ1v) is 8.89. The van der Waals surface area contributed by atoms with Crippen LogP contribution in [0.5, 0.6) is 5.75 Å². The van der Waals surface area contributed by atoms with E-state index < -0.39 is 12.2 Å². The lowest BCUT2D eigenvalue weighted by molar-refractivity contribution is 0.0997. The first-order chi connectivity index (χ1) is 13.5. The molecule has 0 heterocycles. The van der Waals surface area contributed by atoms with E-state index in [1.807, 2.05) is 36.4 Å². The molecule has 152 valence electrons. The fourth-order valence-corrected chi connectivity index (χ4v) is 2.56. The predicted molar refractivity (Wildman–Crippen MR) is 104 cm³/mol. The van der Waals surface area contributed by atoms with Gasteiger partial charge in [0.15, 0.2) is 0 Å². The van der Waals surface area contributed by atoms with Gasteiger partial charge in [0, 0.05) is 12.6 Å². The van der Waals surface area contributed by atoms with Crippen LogP contribution in [-0.2, 0) is 11.2 Å². The zero-order valence-electron chi connectivity index (χ0n) is 15.7. The molecule has 0 aliphatic heterocycles. The van der Waals surface area contributed by atoms with Gasteiger partial charge < -0.3 is 25.0 Å². The van der Waals surface area contributed by atoms with Crippen LogP contribution >= 0.6 is 0 Å². The largest absolute Gasteiger partial charge is 0.491 e. The number of nitrogens with zero attached hydrogens (tertiary/aromatic N) is 1. The number of benzene rings is 2. The summed E-state index contributed by atoms with van der Waals surface area (Å²) in [5.41, 5.74) is 1.05. The minimum atomic E-state index is -0.893. The molecule has 28 heavy (non-hydrogen) atoms. The number of aliphatic hydroxyl groups excluding tert-OH is 2. The van der Waals surface area contributed by atoms with E-state index in [1.54, 1.807) is 18.2 Å². The molecule has 0 aliphatic carbocycles. The monoisotopic (exact) mass is 390 g/mol. The van der Waals surface area contributed by atoms with Gasteiger partial charge in [-0.1, -0.05) is 30.3 Å². The van der Waals surface area contributed by atoms with Crippen molar-refractivity contribution in [2.45, 2.75) is 18.6 Å². The molecule has 8 nitrogen and oxygen atoms in total. The van der Waals surface area contributed by atoms with E-state index in [0.29, 0.717) is 17.2 Å². The molecule has 0 fully saturated rings. The van der Waals surface area contributed by atoms with Crippen molar-refractivity contribution in [2.75, 3.05) is 31.9 Å². The standard InChI is InChI=1S/C20H26N2O6/c1-27-20(25)22(26)17-7-5-6-15(11-17)10-16(13-23)21-12-18(24)14-28-19-8-3-2-4-9-19/h2-9,11,16,18,21,23-24,26H,10,12-14H2,1H3/t16-,18-/m0/s1. The van der Waals surface area contributed by atoms with Gasteiger partial charge in [-0.3, -0.25) is 5.21 Å². The minimum absolute atomic E-state index is 0.128. The number of carbonyl (C=O) groups excluding carboxylic acids is 1. The molecule has 0 aliphatic rings. The van der Waals surface area contributed by atoms with Crippen molar-refractivity contribution in [3.63, 3.8) is 0 Å². The number of hydrogen-bond acceptors (Lipinski definition) is 7. The van der Waals surface area contributed by atoms with Gasteiger partial charge in [0.1, 0.15) is 18.5 Å². The van der Waals surface area contributed by atoms with E-state index in [0.717, 1.165) is 5.56 Å². The van der Waals surface area contributed by atoms with Gasteiger partial charge in [-0.05, 0) is 36.2 Å². The lowest BCUT2D eigenvalue weighted by Crippen LogP contribution is -2.41. The molecule has 1 amide bonds. The van der Waals surface area contributed by atoms with Crippen molar-refractivity contribution in [3.05, 3.63) is 60.2 Å². The van der Waals surface area contributed by atoms with Gasteiger partial charge in [-0.15, -0.1) is 0 Å². The van der Waals surface area contributed by atoms with Crippen LogP contribution in [0.2, 0.25) is 0 Å². The molecular formula is C20H26N2O6. The summed E-state index contributed by atoms with van der Waals surface area (Å²) >= 11 is 0. The second kappa shape index (κ2) is 11.3. The Balaban J connectivity index is 1.84. The molecule has 0 spiro atoms. The van der Waals surface area contributed by atoms with Crippen molar-refractivity contribution in [2.24, 2.45) is 0 Å². The van der Waals surface area contributed by atoms with Gasteiger partial charge in [-0.25, -0.2) is 4.79 Å². The number of carbonyl (C=O) groups is 1. The highest BCUT2D eigenvalue weighted by Gasteiger charge is 2.16. The van der Waals surface area contributed by atoms with E-state index in [1.165, 1.54) is 7.11 Å². The highest BCUT2D eigenvalue weighted by atomic mass is 16.6. The first-order valence-electron chi connectivity index (χ1n) is 8.89. The molecule has 2 aromatic rings. The third kappa shape index (κ3) is 6.82. The topological polar surface area (TPSA) is 111 Å². The molecule has 0 radical (unpaired) electrons. The average Bonchev–Trinajstić information content (AvgIpc) is 2.74. The highest BCUT2D eigenvalue weighted by Crippen LogP contribution is 2.17. The van der Waals surface area contributed by atoms with Gasteiger partial charge in [0.05, 0.1) is 19.4 Å². The number of ether oxygens (including phenoxy) is 2. The first kappa shape index (κ1) is 21.6. The zero-order valence-corrected chi connectivity index (χ0v) is 15.7. The summed E-state index contributed by atoms with van der Waals surface area (Å²) in [7, 11) is 1.17. The number of anilines is 1. The molecule has 8 heteroatoms. The van der Waals surface area contributed by atoms with E-state index in [4.69, 9.17) is 4.74 Å². The number of rotatable bonds is 10. The Labute approximate surface area is 163 Å². The molecule has 4 N–H and O–H groups in total. The summed E-state index contributed by atoms with van der Waals surface area (Å²) in [6.07, 6.45) is -1.20. The molecule has 2 atom stereocenters. The maximum absolute atomic E-state index is 11.4. The van der Waals surface area contributed by atoms with Crippen LogP contribution in [0.25, 0.3) is 0 Å². The maximum Gasteiger partial charge on any atom is 0.438 e. The highest BCUT2D eigenvalue weighted by molar-refractivity contribution is 5.84. The van der Waals surface area contributed by atoms with Crippen LogP contribution in [0, 0.1) is 0 Å². The zero-order chi connectivity index (χ0) is 20.4. The van der Waals surface area contributed by atoms with Crippen LogP contribution in [0.4, 0.5) is 10.5 Å². The van der Waals surface area contributed by atoms with E-state index in [-0.39, 0.29) is 31.5 Å². The Morgan fingerprint density at radius 1 is 1.18 bits per heavy atom. The number of amides is 1. The summed E-state index contributed by atoms with van der Waals surface area (Å²) in [5, 5.41) is 33.0. The molecule has 0 saturated heterocycles. The van der Waals surface area contributed by atoms with Crippen LogP contribution in [0.15, 0.2) is 54.6 Å². The van der Waals surface area contributed by atoms with Crippen LogP contribution in [0.1, 0.15) is 5.56 Å². The van der Waals surface area contributed by atoms with Crippen LogP contribution < -0.4 is 15.1 Å². The molecule has 2 aromatic carbocycles. The van der Waals surface area contributed by atoms with Gasteiger partial charge in [0.2, 0.25) is 0 Å². The molecule has 0 aromatic heterocycles. The Hall–Kier alpha value is -2.65. The maximum atomic E-state index is 11.4. The summed E-state index contributed by atoms with van der Waals surface area (Å²) in [4.78, 5) is 11.4. The van der Waals surface area contributed by atoms with Gasteiger partial charge in [-0.2, -0.15) is 5.06 Å². The fraction of sp³-hybridized carbons (Fsp3) is 0.350. The smallest absolute Gasteiger partial charge is 0.438 e. The fourth-order valence-electron chi connectivity index (χ4n) is 2.56. The Morgan fingerprint density at radius 3 is 2.61 bits per heavy atom. The van der Waals surface area contributed by atoms with Crippen molar-refractivity contribution in [1.29, 1.82) is 0 Å². The lowest BCUT2D eigenvalue weighted by atomic mass is 10.1. The Bertz CT molecular complexity index is 728. The summed E-state index contributed by atoms with van der Waals surface area (Å²) in [5.74, 6) is 0.677. The molecule has 2 rings (SSSR count). The molecule has 0 saturated carbocycles. The number of hydrogen-bond donors (Lipinski definition) is 4. The molecule has 0 unspecified atom stereocenters. The van der Waals surface area contributed by atoms with Crippen molar-refractivity contribution < 1.29 is 29.7 Å². The molecular weight excluding hydrogens is 364 g/mol. The van der Waals surface area contributed by atoms with Crippen molar-refractivity contribution in [3.8, 4) is 5.75 Å². The second-order valence-electron chi connectivity index (χ2n) is 6.22. The van der Waals surface area contributed by atoms with Gasteiger partial charge >= 0.3 is 6.09 Å². The quantitative estimate of drug-likeness (QED) is 0.360. The van der Waals surface area contributed by atoms with Gasteiger partial charge in [0.25, 0.3) is 0 Å². The second-order valence-corrected chi connectivity index (χ2v) is 6.22. The number of hydroxylamine groups is 1. The Kier molecular flexibility index (Phi) is 8.70. The summed E-state index contributed by atoms with van der Waals surface area (Å²) in [6, 6.07) is 15.6. The van der Waals surface area contributed by atoms with E-state index in [2.05, 4.69) is 10.1 Å². The molecule has 0 bridgehead atoms. The van der Waals surface area contributed by atoms with E-state index >= 15 is 0 Å². The van der Waals surface area contributed by atoms with E-state index in [9.17, 15) is 20.2 Å². The number of nitrogens with one attached hydrogen (secondary N) is 1.